The van der Waals surface area contributed by atoms with Gasteiger partial charge in [-0.05, 0) is 36.4 Å². The van der Waals surface area contributed by atoms with E-state index in [1.807, 2.05) is 0 Å². The number of carbonyl (C=O) groups is 1. The summed E-state index contributed by atoms with van der Waals surface area (Å²) in [4.78, 5) is 11.8. The zero-order valence-corrected chi connectivity index (χ0v) is 12.5. The smallest absolute Gasteiger partial charge is 0.416 e. The first-order chi connectivity index (χ1) is 11.8. The molecule has 2 rings (SSSR count). The Bertz CT molecular complexity index is 716. The molecule has 25 heavy (non-hydrogen) atoms. The van der Waals surface area contributed by atoms with Crippen molar-refractivity contribution in [1.82, 2.24) is 0 Å². The maximum Gasteiger partial charge on any atom is 0.416 e. The topological polar surface area (TPSA) is 47.6 Å². The summed E-state index contributed by atoms with van der Waals surface area (Å²) in [6.45, 7) is -3.57. The van der Waals surface area contributed by atoms with E-state index in [1.165, 1.54) is 24.3 Å². The molecule has 0 spiro atoms. The highest BCUT2D eigenvalue weighted by Gasteiger charge is 2.30. The number of para-hydroxylation sites is 2. The SMILES string of the molecule is O=C(COc1ccc(C(F)(F)F)cc1)Nc1ccccc1OC(F)F. The van der Waals surface area contributed by atoms with E-state index in [0.717, 1.165) is 24.3 Å². The summed E-state index contributed by atoms with van der Waals surface area (Å²) in [5.74, 6) is -0.856. The van der Waals surface area contributed by atoms with Gasteiger partial charge in [0.25, 0.3) is 5.91 Å². The van der Waals surface area contributed by atoms with Crippen molar-refractivity contribution in [2.75, 3.05) is 11.9 Å². The summed E-state index contributed by atoms with van der Waals surface area (Å²) in [5, 5.41) is 2.32. The number of benzene rings is 2. The molecule has 9 heteroatoms. The molecular weight excluding hydrogens is 349 g/mol. The highest BCUT2D eigenvalue weighted by atomic mass is 19.4. The Hall–Kier alpha value is -2.84. The summed E-state index contributed by atoms with van der Waals surface area (Å²) in [6.07, 6.45) is -4.47. The van der Waals surface area contributed by atoms with E-state index < -0.39 is 30.9 Å². The van der Waals surface area contributed by atoms with Gasteiger partial charge in [-0.1, -0.05) is 12.1 Å². The molecule has 0 aromatic heterocycles. The second kappa shape index (κ2) is 7.82. The number of carbonyl (C=O) groups excluding carboxylic acids is 1. The number of nitrogens with one attached hydrogen (secondary N) is 1. The van der Waals surface area contributed by atoms with Crippen molar-refractivity contribution in [3.05, 3.63) is 54.1 Å². The van der Waals surface area contributed by atoms with Gasteiger partial charge in [0, 0.05) is 0 Å². The Morgan fingerprint density at radius 2 is 1.68 bits per heavy atom. The fourth-order valence-corrected chi connectivity index (χ4v) is 1.84. The van der Waals surface area contributed by atoms with Gasteiger partial charge in [0.1, 0.15) is 11.5 Å². The standard InChI is InChI=1S/C16H12F5NO3/c17-15(18)25-13-4-2-1-3-12(13)22-14(23)9-24-11-7-5-10(6-8-11)16(19,20)21/h1-8,15H,9H2,(H,22,23). The van der Waals surface area contributed by atoms with Gasteiger partial charge in [0.05, 0.1) is 11.3 Å². The van der Waals surface area contributed by atoms with Crippen molar-refractivity contribution in [1.29, 1.82) is 0 Å². The molecule has 2 aromatic carbocycles. The summed E-state index contributed by atoms with van der Waals surface area (Å²) >= 11 is 0. The van der Waals surface area contributed by atoms with Crippen LogP contribution in [0, 0.1) is 0 Å². The number of hydrogen-bond acceptors (Lipinski definition) is 3. The molecule has 0 saturated carbocycles. The number of hydrogen-bond donors (Lipinski definition) is 1. The molecule has 0 unspecified atom stereocenters. The summed E-state index contributed by atoms with van der Waals surface area (Å²) < 4.78 is 71.2. The van der Waals surface area contributed by atoms with Gasteiger partial charge in [0.2, 0.25) is 0 Å². The summed E-state index contributed by atoms with van der Waals surface area (Å²) in [5.41, 5.74) is -0.828. The van der Waals surface area contributed by atoms with E-state index in [-0.39, 0.29) is 17.2 Å². The molecule has 0 heterocycles. The van der Waals surface area contributed by atoms with Gasteiger partial charge in [-0.25, -0.2) is 0 Å². The number of ether oxygens (including phenoxy) is 2. The van der Waals surface area contributed by atoms with Gasteiger partial charge in [-0.15, -0.1) is 0 Å². The third kappa shape index (κ3) is 5.63. The highest BCUT2D eigenvalue weighted by Crippen LogP contribution is 2.30. The molecule has 4 nitrogen and oxygen atoms in total. The predicted octanol–water partition coefficient (Wildman–Crippen LogP) is 4.32. The molecule has 0 saturated heterocycles. The molecule has 1 amide bonds. The Labute approximate surface area is 139 Å². The van der Waals surface area contributed by atoms with Crippen molar-refractivity contribution < 1.29 is 36.2 Å². The van der Waals surface area contributed by atoms with Crippen LogP contribution < -0.4 is 14.8 Å². The largest absolute Gasteiger partial charge is 0.484 e. The zero-order valence-electron chi connectivity index (χ0n) is 12.5. The average molecular weight is 361 g/mol. The summed E-state index contributed by atoms with van der Waals surface area (Å²) in [7, 11) is 0. The van der Waals surface area contributed by atoms with Gasteiger partial charge >= 0.3 is 12.8 Å². The third-order valence-corrected chi connectivity index (χ3v) is 2.93. The lowest BCUT2D eigenvalue weighted by molar-refractivity contribution is -0.137. The first-order valence-electron chi connectivity index (χ1n) is 6.89. The Morgan fingerprint density at radius 3 is 2.28 bits per heavy atom. The molecule has 0 fully saturated rings. The molecular formula is C16H12F5NO3. The lowest BCUT2D eigenvalue weighted by Gasteiger charge is -2.12. The molecule has 0 aliphatic rings. The number of amides is 1. The highest BCUT2D eigenvalue weighted by molar-refractivity contribution is 5.93. The number of halogens is 5. The van der Waals surface area contributed by atoms with Gasteiger partial charge in [-0.2, -0.15) is 22.0 Å². The van der Waals surface area contributed by atoms with Crippen molar-refractivity contribution in [2.24, 2.45) is 0 Å². The van der Waals surface area contributed by atoms with Gasteiger partial charge < -0.3 is 14.8 Å². The maximum absolute atomic E-state index is 12.4. The minimum atomic E-state index is -4.47. The molecule has 2 aromatic rings. The number of anilines is 1. The predicted molar refractivity (Wildman–Crippen MR) is 78.6 cm³/mol. The monoisotopic (exact) mass is 361 g/mol. The van der Waals surface area contributed by atoms with Gasteiger partial charge in [-0.3, -0.25) is 4.79 Å². The Morgan fingerprint density at radius 1 is 1.04 bits per heavy atom. The summed E-state index contributed by atoms with van der Waals surface area (Å²) in [6, 6.07) is 9.34. The van der Waals surface area contributed by atoms with Crippen LogP contribution in [0.1, 0.15) is 5.56 Å². The molecule has 1 N–H and O–H groups in total. The van der Waals surface area contributed by atoms with E-state index >= 15 is 0 Å². The second-order valence-corrected chi connectivity index (χ2v) is 4.73. The minimum Gasteiger partial charge on any atom is -0.484 e. The van der Waals surface area contributed by atoms with Crippen molar-refractivity contribution in [3.63, 3.8) is 0 Å². The van der Waals surface area contributed by atoms with Crippen LogP contribution in [0.3, 0.4) is 0 Å². The zero-order chi connectivity index (χ0) is 18.4. The molecule has 134 valence electrons. The Balaban J connectivity index is 1.93. The fourth-order valence-electron chi connectivity index (χ4n) is 1.84. The van der Waals surface area contributed by atoms with E-state index in [4.69, 9.17) is 4.74 Å². The Kier molecular flexibility index (Phi) is 5.79. The van der Waals surface area contributed by atoms with Crippen molar-refractivity contribution in [2.45, 2.75) is 12.8 Å². The molecule has 0 radical (unpaired) electrons. The van der Waals surface area contributed by atoms with Crippen LogP contribution in [0.5, 0.6) is 11.5 Å². The third-order valence-electron chi connectivity index (χ3n) is 2.93. The van der Waals surface area contributed by atoms with Crippen molar-refractivity contribution >= 4 is 11.6 Å². The lowest BCUT2D eigenvalue weighted by Crippen LogP contribution is -2.21. The van der Waals surface area contributed by atoms with E-state index in [2.05, 4.69) is 10.1 Å². The molecule has 0 aliphatic carbocycles. The normalized spacial score (nSPS) is 11.3. The average Bonchev–Trinajstić information content (AvgIpc) is 2.54. The molecule has 0 atom stereocenters. The van der Waals surface area contributed by atoms with Crippen molar-refractivity contribution in [3.8, 4) is 11.5 Å². The van der Waals surface area contributed by atoms with E-state index in [0.29, 0.717) is 0 Å². The maximum atomic E-state index is 12.4. The van der Waals surface area contributed by atoms with Gasteiger partial charge in [0.15, 0.2) is 6.61 Å². The van der Waals surface area contributed by atoms with Crippen LogP contribution in [0.25, 0.3) is 0 Å². The number of alkyl halides is 5. The minimum absolute atomic E-state index is 0.0174. The van der Waals surface area contributed by atoms with Crippen LogP contribution in [0.4, 0.5) is 27.6 Å². The lowest BCUT2D eigenvalue weighted by atomic mass is 10.2. The first-order valence-corrected chi connectivity index (χ1v) is 6.89. The molecule has 0 bridgehead atoms. The van der Waals surface area contributed by atoms with E-state index in [9.17, 15) is 26.7 Å². The van der Waals surface area contributed by atoms with Crippen LogP contribution in [0.2, 0.25) is 0 Å². The number of rotatable bonds is 6. The first kappa shape index (κ1) is 18.5. The van der Waals surface area contributed by atoms with Crippen LogP contribution in [-0.2, 0) is 11.0 Å². The van der Waals surface area contributed by atoms with Crippen LogP contribution >= 0.6 is 0 Å². The quantitative estimate of drug-likeness (QED) is 0.780. The van der Waals surface area contributed by atoms with E-state index in [1.54, 1.807) is 0 Å². The van der Waals surface area contributed by atoms with Crippen LogP contribution in [0.15, 0.2) is 48.5 Å². The van der Waals surface area contributed by atoms with Crippen LogP contribution in [-0.4, -0.2) is 19.1 Å². The second-order valence-electron chi connectivity index (χ2n) is 4.73. The molecule has 0 aliphatic heterocycles. The fraction of sp³-hybridized carbons (Fsp3) is 0.188.